The number of amides is 1. The lowest BCUT2D eigenvalue weighted by Crippen LogP contribution is -2.54. The summed E-state index contributed by atoms with van der Waals surface area (Å²) in [6.45, 7) is 0. The van der Waals surface area contributed by atoms with Gasteiger partial charge in [-0.2, -0.15) is 0 Å². The number of alkyl carbamates (subject to hydrolysis) is 1. The number of guanidine groups is 1. The molecule has 1 amide bonds. The normalized spacial score (nSPS) is 22.7. The molecular formula is C6H5Cl6N3O3. The third-order valence-electron chi connectivity index (χ3n) is 1.55. The van der Waals surface area contributed by atoms with Gasteiger partial charge in [0, 0.05) is 0 Å². The first-order valence-corrected chi connectivity index (χ1v) is 6.40. The second kappa shape index (κ2) is 5.83. The number of aliphatic hydroxyl groups is 1. The van der Waals surface area contributed by atoms with Gasteiger partial charge in [0.1, 0.15) is 0 Å². The van der Waals surface area contributed by atoms with Crippen molar-refractivity contribution in [3.05, 3.63) is 0 Å². The van der Waals surface area contributed by atoms with Gasteiger partial charge in [-0.1, -0.05) is 69.6 Å². The highest BCUT2D eigenvalue weighted by Crippen LogP contribution is 2.34. The van der Waals surface area contributed by atoms with Gasteiger partial charge in [-0.15, -0.1) is 0 Å². The second-order valence-corrected chi connectivity index (χ2v) is 7.73. The van der Waals surface area contributed by atoms with Crippen LogP contribution in [0.15, 0.2) is 4.99 Å². The number of carbonyl (C=O) groups is 1. The lowest BCUT2D eigenvalue weighted by molar-refractivity contribution is 0.0980. The Morgan fingerprint density at radius 1 is 1.33 bits per heavy atom. The molecule has 0 fully saturated rings. The highest BCUT2D eigenvalue weighted by molar-refractivity contribution is 6.68. The van der Waals surface area contributed by atoms with E-state index in [9.17, 15) is 9.90 Å². The van der Waals surface area contributed by atoms with Crippen molar-refractivity contribution < 1.29 is 14.6 Å². The molecule has 1 rings (SSSR count). The van der Waals surface area contributed by atoms with Crippen LogP contribution in [0, 0.1) is 0 Å². The molecular weight excluding hydrogens is 375 g/mol. The molecule has 0 aromatic carbocycles. The monoisotopic (exact) mass is 377 g/mol. The van der Waals surface area contributed by atoms with E-state index < -0.39 is 26.1 Å². The SMILES string of the molecule is O=C1NC(N[C@H](O)C(Cl)(Cl)Cl)=N[C@H](C(Cl)(Cl)Cl)O1. The molecule has 104 valence electrons. The predicted molar refractivity (Wildman–Crippen MR) is 70.6 cm³/mol. The number of aliphatic hydroxyl groups excluding tert-OH is 1. The maximum absolute atomic E-state index is 11.2. The second-order valence-electron chi connectivity index (χ2n) is 2.99. The number of hydrogen-bond donors (Lipinski definition) is 3. The summed E-state index contributed by atoms with van der Waals surface area (Å²) in [5.74, 6) is -0.263. The topological polar surface area (TPSA) is 83.0 Å². The van der Waals surface area contributed by atoms with Crippen molar-refractivity contribution >= 4 is 81.7 Å². The van der Waals surface area contributed by atoms with E-state index >= 15 is 0 Å². The molecule has 12 heteroatoms. The van der Waals surface area contributed by atoms with Gasteiger partial charge in [0.2, 0.25) is 19.8 Å². The summed E-state index contributed by atoms with van der Waals surface area (Å²) in [4.78, 5) is 14.8. The Morgan fingerprint density at radius 2 is 1.89 bits per heavy atom. The van der Waals surface area contributed by atoms with Crippen LogP contribution >= 0.6 is 69.6 Å². The molecule has 1 heterocycles. The summed E-state index contributed by atoms with van der Waals surface area (Å²) in [5.41, 5.74) is 0. The Labute approximate surface area is 131 Å². The maximum Gasteiger partial charge on any atom is 0.416 e. The highest BCUT2D eigenvalue weighted by Gasteiger charge is 2.40. The molecule has 2 atom stereocenters. The summed E-state index contributed by atoms with van der Waals surface area (Å²) < 4.78 is 0.577. The Kier molecular flexibility index (Phi) is 5.34. The fourth-order valence-corrected chi connectivity index (χ4v) is 1.27. The Hall–Kier alpha value is 0.440. The summed E-state index contributed by atoms with van der Waals surface area (Å²) in [5, 5.41) is 13.7. The molecule has 0 saturated carbocycles. The van der Waals surface area contributed by atoms with E-state index in [1.807, 2.05) is 0 Å². The van der Waals surface area contributed by atoms with E-state index in [1.54, 1.807) is 0 Å². The van der Waals surface area contributed by atoms with Crippen LogP contribution in [0.4, 0.5) is 4.79 Å². The molecule has 0 aliphatic carbocycles. The Morgan fingerprint density at radius 3 is 2.33 bits per heavy atom. The molecule has 6 nitrogen and oxygen atoms in total. The largest absolute Gasteiger partial charge is 0.418 e. The number of alkyl halides is 6. The van der Waals surface area contributed by atoms with Crippen LogP contribution < -0.4 is 10.6 Å². The molecule has 0 bridgehead atoms. The summed E-state index contributed by atoms with van der Waals surface area (Å²) in [7, 11) is 0. The van der Waals surface area contributed by atoms with Crippen LogP contribution in [-0.2, 0) is 4.74 Å². The number of aliphatic imine (C=N–C) groups is 1. The smallest absolute Gasteiger partial charge is 0.416 e. The van der Waals surface area contributed by atoms with Crippen molar-refractivity contribution in [2.45, 2.75) is 20.0 Å². The van der Waals surface area contributed by atoms with Gasteiger partial charge in [-0.25, -0.2) is 9.79 Å². The maximum atomic E-state index is 11.2. The van der Waals surface area contributed by atoms with E-state index in [0.29, 0.717) is 0 Å². The molecule has 0 saturated heterocycles. The fourth-order valence-electron chi connectivity index (χ4n) is 0.828. The minimum Gasteiger partial charge on any atom is -0.418 e. The quantitative estimate of drug-likeness (QED) is 0.481. The van der Waals surface area contributed by atoms with Crippen molar-refractivity contribution in [2.75, 3.05) is 0 Å². The van der Waals surface area contributed by atoms with Gasteiger partial charge in [-0.05, 0) is 0 Å². The molecule has 0 aromatic rings. The number of hydrogen-bond acceptors (Lipinski definition) is 5. The number of nitrogens with zero attached hydrogens (tertiary/aromatic N) is 1. The van der Waals surface area contributed by atoms with Crippen molar-refractivity contribution in [1.82, 2.24) is 10.6 Å². The van der Waals surface area contributed by atoms with E-state index in [1.165, 1.54) is 0 Å². The van der Waals surface area contributed by atoms with Crippen LogP contribution in [-0.4, -0.2) is 37.2 Å². The number of nitrogens with one attached hydrogen (secondary N) is 2. The Bertz CT molecular complexity index is 365. The minimum absolute atomic E-state index is 0.263. The molecule has 1 aliphatic rings. The third-order valence-corrected chi connectivity index (χ3v) is 2.73. The van der Waals surface area contributed by atoms with Gasteiger partial charge < -0.3 is 15.2 Å². The lowest BCUT2D eigenvalue weighted by Gasteiger charge is -2.28. The standard InChI is InChI=1S/C6H5Cl6N3O3/c7-5(8,9)1(16)13-3-14-2(6(10,11)12)18-4(17)15-3/h1-2,16H,(H2,13,14,15,17)/t1-,2+/m1/s1. The molecule has 0 spiro atoms. The predicted octanol–water partition coefficient (Wildman–Crippen LogP) is 2.06. The van der Waals surface area contributed by atoms with Crippen LogP contribution in [0.3, 0.4) is 0 Å². The fraction of sp³-hybridized carbons (Fsp3) is 0.667. The van der Waals surface area contributed by atoms with E-state index in [-0.39, 0.29) is 5.96 Å². The first-order valence-electron chi connectivity index (χ1n) is 4.13. The van der Waals surface area contributed by atoms with Gasteiger partial charge in [0.25, 0.3) is 0 Å². The van der Waals surface area contributed by atoms with Crippen molar-refractivity contribution in [3.8, 4) is 0 Å². The molecule has 18 heavy (non-hydrogen) atoms. The van der Waals surface area contributed by atoms with Gasteiger partial charge in [-0.3, -0.25) is 5.32 Å². The van der Waals surface area contributed by atoms with E-state index in [2.05, 4.69) is 20.4 Å². The molecule has 0 unspecified atom stereocenters. The summed E-state index contributed by atoms with van der Waals surface area (Å²) in [6.07, 6.45) is -3.99. The third kappa shape index (κ3) is 4.85. The van der Waals surface area contributed by atoms with E-state index in [0.717, 1.165) is 0 Å². The van der Waals surface area contributed by atoms with Gasteiger partial charge >= 0.3 is 6.09 Å². The van der Waals surface area contributed by atoms with Gasteiger partial charge in [0.15, 0.2) is 6.23 Å². The summed E-state index contributed by atoms with van der Waals surface area (Å²) in [6, 6.07) is 0. The first-order chi connectivity index (χ1) is 8.00. The molecule has 0 aromatic heterocycles. The average Bonchev–Trinajstić information content (AvgIpc) is 2.13. The average molecular weight is 380 g/mol. The number of halogens is 6. The van der Waals surface area contributed by atoms with Crippen molar-refractivity contribution in [1.29, 1.82) is 0 Å². The molecule has 0 radical (unpaired) electrons. The molecule has 1 aliphatic heterocycles. The summed E-state index contributed by atoms with van der Waals surface area (Å²) >= 11 is 32.8. The number of ether oxygens (including phenoxy) is 1. The highest BCUT2D eigenvalue weighted by atomic mass is 35.6. The van der Waals surface area contributed by atoms with Gasteiger partial charge in [0.05, 0.1) is 0 Å². The van der Waals surface area contributed by atoms with Crippen LogP contribution in [0.5, 0.6) is 0 Å². The Balaban J connectivity index is 2.82. The number of carbonyl (C=O) groups excluding carboxylic acids is 1. The van der Waals surface area contributed by atoms with Crippen molar-refractivity contribution in [2.24, 2.45) is 4.99 Å². The first kappa shape index (κ1) is 16.5. The van der Waals surface area contributed by atoms with Crippen LogP contribution in [0.1, 0.15) is 0 Å². The van der Waals surface area contributed by atoms with Crippen LogP contribution in [0.25, 0.3) is 0 Å². The zero-order valence-corrected chi connectivity index (χ0v) is 12.7. The van der Waals surface area contributed by atoms with E-state index in [4.69, 9.17) is 69.6 Å². The number of cyclic esters (lactones) is 1. The zero-order chi connectivity index (χ0) is 14.1. The minimum atomic E-state index is -2.04. The lowest BCUT2D eigenvalue weighted by atomic mass is 10.5. The zero-order valence-electron chi connectivity index (χ0n) is 8.13. The van der Waals surface area contributed by atoms with Crippen molar-refractivity contribution in [3.63, 3.8) is 0 Å². The number of rotatable bonds is 1. The van der Waals surface area contributed by atoms with Crippen LogP contribution in [0.2, 0.25) is 0 Å². The molecule has 3 N–H and O–H groups in total.